The standard InChI is InChI=1S/C30H31N3O6/c1-20-14-25(28(34)32-13-12-23(16-32)18-37-2)8-11-27(20)24-5-3-4-22(15-24)19-38-26-9-6-21(7-10-26)17-33-29(35)31-30(36)39-33/h3-11,14-15,23H,12-13,16-19H2,1-2H3,(H,31,35,36). The first-order valence-corrected chi connectivity index (χ1v) is 12.9. The molecule has 0 spiro atoms. The molecular weight excluding hydrogens is 498 g/mol. The Hall–Kier alpha value is -4.37. The highest BCUT2D eigenvalue weighted by Crippen LogP contribution is 2.27. The van der Waals surface area contributed by atoms with Crippen LogP contribution in [0.4, 0.5) is 0 Å². The molecule has 39 heavy (non-hydrogen) atoms. The monoisotopic (exact) mass is 529 g/mol. The molecule has 1 aromatic heterocycles. The third-order valence-corrected chi connectivity index (χ3v) is 6.97. The number of H-pyrrole nitrogens is 1. The second kappa shape index (κ2) is 11.6. The number of aromatic amines is 1. The van der Waals surface area contributed by atoms with Crippen molar-refractivity contribution in [3.8, 4) is 16.9 Å². The summed E-state index contributed by atoms with van der Waals surface area (Å²) in [5.74, 6) is 0.379. The number of benzene rings is 3. The summed E-state index contributed by atoms with van der Waals surface area (Å²) in [6.45, 7) is 4.75. The summed E-state index contributed by atoms with van der Waals surface area (Å²) >= 11 is 0. The molecule has 1 unspecified atom stereocenters. The molecule has 9 heteroatoms. The number of likely N-dealkylation sites (tertiary alicyclic amines) is 1. The SMILES string of the molecule is COCC1CCN(C(=O)c2ccc(-c3cccc(COc4ccc(Cn5oc(=O)[nH]c5=O)cc4)c3)c(C)c2)C1. The Bertz CT molecular complexity index is 1570. The molecule has 1 aliphatic rings. The summed E-state index contributed by atoms with van der Waals surface area (Å²) in [5.41, 5.74) is 5.11. The van der Waals surface area contributed by atoms with Gasteiger partial charge in [0.05, 0.1) is 13.2 Å². The number of aryl methyl sites for hydroxylation is 1. The van der Waals surface area contributed by atoms with Crippen LogP contribution in [-0.4, -0.2) is 47.3 Å². The van der Waals surface area contributed by atoms with Crippen LogP contribution in [0, 0.1) is 12.8 Å². The molecule has 4 aromatic rings. The average Bonchev–Trinajstić information content (AvgIpc) is 3.53. The van der Waals surface area contributed by atoms with E-state index in [1.165, 1.54) is 0 Å². The summed E-state index contributed by atoms with van der Waals surface area (Å²) in [6.07, 6.45) is 0.976. The second-order valence-electron chi connectivity index (χ2n) is 9.87. The van der Waals surface area contributed by atoms with Gasteiger partial charge in [0.25, 0.3) is 5.91 Å². The van der Waals surface area contributed by atoms with Crippen LogP contribution in [0.2, 0.25) is 0 Å². The molecule has 202 valence electrons. The fraction of sp³-hybridized carbons (Fsp3) is 0.300. The van der Waals surface area contributed by atoms with Crippen molar-refractivity contribution in [1.82, 2.24) is 14.6 Å². The molecule has 0 bridgehead atoms. The lowest BCUT2D eigenvalue weighted by Gasteiger charge is -2.18. The number of carbonyl (C=O) groups is 1. The zero-order valence-electron chi connectivity index (χ0n) is 22.0. The molecule has 0 aliphatic carbocycles. The third-order valence-electron chi connectivity index (χ3n) is 6.97. The van der Waals surface area contributed by atoms with Crippen molar-refractivity contribution in [1.29, 1.82) is 0 Å². The van der Waals surface area contributed by atoms with Crippen LogP contribution in [0.15, 0.2) is 80.8 Å². The molecular formula is C30H31N3O6. The van der Waals surface area contributed by atoms with Crippen LogP contribution in [0.1, 0.15) is 33.5 Å². The van der Waals surface area contributed by atoms with Gasteiger partial charge in [0.15, 0.2) is 0 Å². The molecule has 0 radical (unpaired) electrons. The minimum atomic E-state index is -0.777. The lowest BCUT2D eigenvalue weighted by Crippen LogP contribution is -2.29. The number of aromatic nitrogens is 2. The van der Waals surface area contributed by atoms with Gasteiger partial charge in [0.1, 0.15) is 12.4 Å². The van der Waals surface area contributed by atoms with Gasteiger partial charge in [0, 0.05) is 31.7 Å². The van der Waals surface area contributed by atoms with E-state index in [1.54, 1.807) is 7.11 Å². The lowest BCUT2D eigenvalue weighted by molar-refractivity contribution is 0.0775. The molecule has 1 aliphatic heterocycles. The van der Waals surface area contributed by atoms with Gasteiger partial charge in [0.2, 0.25) is 0 Å². The summed E-state index contributed by atoms with van der Waals surface area (Å²) in [4.78, 5) is 39.8. The molecule has 0 saturated carbocycles. The second-order valence-corrected chi connectivity index (χ2v) is 9.87. The number of nitrogens with zero attached hydrogens (tertiary/aromatic N) is 2. The van der Waals surface area contributed by atoms with Gasteiger partial charge in [-0.1, -0.05) is 36.4 Å². The molecule has 1 atom stereocenters. The maximum absolute atomic E-state index is 13.0. The first-order valence-electron chi connectivity index (χ1n) is 12.9. The Kier molecular flexibility index (Phi) is 7.79. The Morgan fingerprint density at radius 1 is 1.05 bits per heavy atom. The predicted octanol–water partition coefficient (Wildman–Crippen LogP) is 3.84. The van der Waals surface area contributed by atoms with E-state index < -0.39 is 11.4 Å². The number of methoxy groups -OCH3 is 1. The number of hydrogen-bond acceptors (Lipinski definition) is 6. The van der Waals surface area contributed by atoms with E-state index >= 15 is 0 Å². The number of amides is 1. The summed E-state index contributed by atoms with van der Waals surface area (Å²) in [5, 5.41) is 0. The highest BCUT2D eigenvalue weighted by Gasteiger charge is 2.27. The minimum absolute atomic E-state index is 0.0705. The molecule has 1 saturated heterocycles. The first kappa shape index (κ1) is 26.2. The van der Waals surface area contributed by atoms with Crippen LogP contribution in [-0.2, 0) is 17.9 Å². The van der Waals surface area contributed by atoms with Gasteiger partial charge in [-0.05, 0) is 71.5 Å². The van der Waals surface area contributed by atoms with E-state index in [2.05, 4.69) is 17.1 Å². The van der Waals surface area contributed by atoms with E-state index in [-0.39, 0.29) is 12.5 Å². The number of ether oxygens (including phenoxy) is 2. The average molecular weight is 530 g/mol. The van der Waals surface area contributed by atoms with Crippen LogP contribution in [0.5, 0.6) is 5.75 Å². The van der Waals surface area contributed by atoms with E-state index in [1.807, 2.05) is 66.4 Å². The number of carbonyl (C=O) groups excluding carboxylic acids is 1. The first-order chi connectivity index (χ1) is 18.9. The lowest BCUT2D eigenvalue weighted by atomic mass is 9.97. The molecule has 9 nitrogen and oxygen atoms in total. The summed E-state index contributed by atoms with van der Waals surface area (Å²) in [6, 6.07) is 21.3. The molecule has 3 aromatic carbocycles. The summed E-state index contributed by atoms with van der Waals surface area (Å²) < 4.78 is 17.0. The number of rotatable bonds is 9. The van der Waals surface area contributed by atoms with Crippen LogP contribution in [0.3, 0.4) is 0 Å². The zero-order chi connectivity index (χ0) is 27.4. The highest BCUT2D eigenvalue weighted by atomic mass is 16.5. The van der Waals surface area contributed by atoms with E-state index in [4.69, 9.17) is 14.0 Å². The van der Waals surface area contributed by atoms with Crippen molar-refractivity contribution >= 4 is 5.91 Å². The largest absolute Gasteiger partial charge is 0.489 e. The maximum Gasteiger partial charge on any atom is 0.440 e. The van der Waals surface area contributed by atoms with Crippen LogP contribution >= 0.6 is 0 Å². The van der Waals surface area contributed by atoms with Gasteiger partial charge < -0.3 is 18.9 Å². The Morgan fingerprint density at radius 2 is 1.87 bits per heavy atom. The topological polar surface area (TPSA) is 107 Å². The molecule has 1 amide bonds. The Labute approximate surface area is 225 Å². The van der Waals surface area contributed by atoms with Crippen molar-refractivity contribution in [2.45, 2.75) is 26.5 Å². The van der Waals surface area contributed by atoms with Crippen molar-refractivity contribution in [2.75, 3.05) is 26.8 Å². The van der Waals surface area contributed by atoms with E-state index in [9.17, 15) is 14.4 Å². The van der Waals surface area contributed by atoms with Crippen molar-refractivity contribution in [2.24, 2.45) is 5.92 Å². The fourth-order valence-electron chi connectivity index (χ4n) is 4.96. The van der Waals surface area contributed by atoms with Crippen molar-refractivity contribution in [3.63, 3.8) is 0 Å². The normalized spacial score (nSPS) is 15.0. The van der Waals surface area contributed by atoms with Gasteiger partial charge in [-0.25, -0.2) is 14.6 Å². The summed E-state index contributed by atoms with van der Waals surface area (Å²) in [7, 11) is 1.70. The Morgan fingerprint density at radius 3 is 2.59 bits per heavy atom. The minimum Gasteiger partial charge on any atom is -0.489 e. The van der Waals surface area contributed by atoms with Gasteiger partial charge in [-0.3, -0.25) is 4.79 Å². The highest BCUT2D eigenvalue weighted by molar-refractivity contribution is 5.95. The molecule has 1 N–H and O–H groups in total. The fourth-order valence-corrected chi connectivity index (χ4v) is 4.96. The predicted molar refractivity (Wildman–Crippen MR) is 146 cm³/mol. The van der Waals surface area contributed by atoms with Crippen molar-refractivity contribution in [3.05, 3.63) is 110 Å². The molecule has 2 heterocycles. The Balaban J connectivity index is 1.22. The van der Waals surface area contributed by atoms with Gasteiger partial charge >= 0.3 is 11.4 Å². The molecule has 1 fully saturated rings. The van der Waals surface area contributed by atoms with E-state index in [0.29, 0.717) is 30.4 Å². The van der Waals surface area contributed by atoms with Gasteiger partial charge in [-0.15, -0.1) is 4.74 Å². The van der Waals surface area contributed by atoms with E-state index in [0.717, 1.165) is 52.1 Å². The smallest absolute Gasteiger partial charge is 0.440 e. The zero-order valence-corrected chi connectivity index (χ0v) is 22.0. The quantitative estimate of drug-likeness (QED) is 0.353. The molecule has 5 rings (SSSR count). The van der Waals surface area contributed by atoms with Crippen molar-refractivity contribution < 1.29 is 18.8 Å². The number of nitrogens with one attached hydrogen (secondary N) is 1. The van der Waals surface area contributed by atoms with Crippen LogP contribution < -0.4 is 16.2 Å². The van der Waals surface area contributed by atoms with Gasteiger partial charge in [-0.2, -0.15) is 0 Å². The third kappa shape index (κ3) is 6.21. The maximum atomic E-state index is 13.0. The number of hydrogen-bond donors (Lipinski definition) is 1. The van der Waals surface area contributed by atoms with Crippen LogP contribution in [0.25, 0.3) is 11.1 Å².